The van der Waals surface area contributed by atoms with Crippen molar-refractivity contribution >= 4 is 29.2 Å². The number of hydrogen-bond acceptors (Lipinski definition) is 5. The summed E-state index contributed by atoms with van der Waals surface area (Å²) in [7, 11) is 0. The number of hydrogen-bond donors (Lipinski definition) is 0. The van der Waals surface area contributed by atoms with Crippen LogP contribution in [0.15, 0.2) is 41.7 Å². The number of aryl methyl sites for hydroxylation is 1. The largest absolute Gasteiger partial charge is 0.476 e. The number of anilines is 1. The fraction of sp³-hybridized carbons (Fsp3) is 0.433. The summed E-state index contributed by atoms with van der Waals surface area (Å²) in [5.41, 5.74) is 2.34. The number of carbonyl (C=O) groups excluding carboxylic acids is 2. The highest BCUT2D eigenvalue weighted by Gasteiger charge is 2.32. The maximum Gasteiger partial charge on any atom is 0.334 e. The molecule has 0 bridgehead atoms. The molecule has 1 aromatic heterocycles. The molecule has 0 N–H and O–H groups in total. The average Bonchev–Trinajstić information content (AvgIpc) is 3.42. The minimum absolute atomic E-state index is 0.0246. The topological polar surface area (TPSA) is 68.7 Å². The summed E-state index contributed by atoms with van der Waals surface area (Å²) in [5.74, 6) is 1.02. The number of pyridine rings is 1. The van der Waals surface area contributed by atoms with Gasteiger partial charge in [-0.2, -0.15) is 0 Å². The molecule has 6 nitrogen and oxygen atoms in total. The van der Waals surface area contributed by atoms with E-state index in [1.807, 2.05) is 13.0 Å². The third kappa shape index (κ3) is 6.36. The van der Waals surface area contributed by atoms with Crippen molar-refractivity contribution in [3.8, 4) is 18.1 Å². The molecule has 2 aliphatic rings. The van der Waals surface area contributed by atoms with Crippen LogP contribution < -0.4 is 9.64 Å². The summed E-state index contributed by atoms with van der Waals surface area (Å²) >= 11 is 6.25. The van der Waals surface area contributed by atoms with Gasteiger partial charge < -0.3 is 14.4 Å². The fourth-order valence-corrected chi connectivity index (χ4v) is 5.09. The van der Waals surface area contributed by atoms with Crippen molar-refractivity contribution in [1.29, 1.82) is 0 Å². The molecule has 8 heteroatoms. The van der Waals surface area contributed by atoms with Crippen molar-refractivity contribution in [1.82, 2.24) is 4.98 Å². The first-order valence-corrected chi connectivity index (χ1v) is 13.4. The van der Waals surface area contributed by atoms with Crippen LogP contribution in [0.4, 0.5) is 10.1 Å². The Bertz CT molecular complexity index is 1280. The Hall–Kier alpha value is -3.37. The molecule has 1 atom stereocenters. The number of carbonyl (C=O) groups is 2. The molecule has 1 amide bonds. The molecular formula is C30H32ClFN2O4. The van der Waals surface area contributed by atoms with E-state index in [1.165, 1.54) is 11.0 Å². The molecule has 1 saturated carbocycles. The molecule has 1 heterocycles. The highest BCUT2D eigenvalue weighted by molar-refractivity contribution is 6.32. The van der Waals surface area contributed by atoms with Crippen LogP contribution in [0, 0.1) is 25.1 Å². The quantitative estimate of drug-likeness (QED) is 0.284. The number of halogens is 2. The molecule has 0 radical (unpaired) electrons. The van der Waals surface area contributed by atoms with Crippen molar-refractivity contribution in [2.45, 2.75) is 84.0 Å². The molecule has 4 rings (SSSR count). The minimum atomic E-state index is -0.697. The van der Waals surface area contributed by atoms with Gasteiger partial charge in [-0.3, -0.25) is 9.78 Å². The summed E-state index contributed by atoms with van der Waals surface area (Å²) in [5, 5.41) is 0.0380. The molecule has 1 aromatic carbocycles. The summed E-state index contributed by atoms with van der Waals surface area (Å²) in [6.07, 6.45) is 14.1. The van der Waals surface area contributed by atoms with Crippen molar-refractivity contribution in [3.05, 3.63) is 63.7 Å². The van der Waals surface area contributed by atoms with Crippen LogP contribution in [0.5, 0.6) is 5.75 Å². The van der Waals surface area contributed by atoms with Gasteiger partial charge in [0.25, 0.3) is 5.91 Å². The molecule has 200 valence electrons. The molecule has 0 aliphatic heterocycles. The predicted octanol–water partition coefficient (Wildman–Crippen LogP) is 6.47. The van der Waals surface area contributed by atoms with E-state index >= 15 is 4.39 Å². The Balaban J connectivity index is 1.77. The van der Waals surface area contributed by atoms with Crippen LogP contribution in [-0.2, 0) is 20.9 Å². The first-order chi connectivity index (χ1) is 18.3. The Kier molecular flexibility index (Phi) is 9.06. The molecule has 1 unspecified atom stereocenters. The van der Waals surface area contributed by atoms with Crippen LogP contribution in [0.25, 0.3) is 0 Å². The van der Waals surface area contributed by atoms with E-state index < -0.39 is 23.8 Å². The van der Waals surface area contributed by atoms with Gasteiger partial charge in [-0.05, 0) is 88.5 Å². The van der Waals surface area contributed by atoms with Gasteiger partial charge in [0.15, 0.2) is 6.10 Å². The van der Waals surface area contributed by atoms with Crippen molar-refractivity contribution in [2.24, 2.45) is 0 Å². The second kappa shape index (κ2) is 12.4. The lowest BCUT2D eigenvalue weighted by molar-refractivity contribution is -0.144. The monoisotopic (exact) mass is 538 g/mol. The van der Waals surface area contributed by atoms with Gasteiger partial charge in [0.05, 0.1) is 17.3 Å². The Labute approximate surface area is 228 Å². The van der Waals surface area contributed by atoms with E-state index in [0.29, 0.717) is 24.0 Å². The number of benzene rings is 1. The molecule has 0 spiro atoms. The van der Waals surface area contributed by atoms with Gasteiger partial charge in [0.2, 0.25) is 0 Å². The zero-order valence-electron chi connectivity index (χ0n) is 21.8. The zero-order valence-corrected chi connectivity index (χ0v) is 22.5. The number of ether oxygens (including phenoxy) is 2. The van der Waals surface area contributed by atoms with Crippen LogP contribution in [0.2, 0.25) is 5.02 Å². The first kappa shape index (κ1) is 27.7. The predicted molar refractivity (Wildman–Crippen MR) is 144 cm³/mol. The number of esters is 1. The van der Waals surface area contributed by atoms with Gasteiger partial charge in [-0.15, -0.1) is 6.42 Å². The molecular weight excluding hydrogens is 507 g/mol. The normalized spacial score (nSPS) is 16.6. The second-order valence-electron chi connectivity index (χ2n) is 9.83. The minimum Gasteiger partial charge on any atom is -0.476 e. The van der Waals surface area contributed by atoms with E-state index in [9.17, 15) is 9.59 Å². The third-order valence-corrected chi connectivity index (χ3v) is 7.40. The van der Waals surface area contributed by atoms with Gasteiger partial charge >= 0.3 is 5.97 Å². The lowest BCUT2D eigenvalue weighted by Crippen LogP contribution is -2.35. The molecule has 38 heavy (non-hydrogen) atoms. The van der Waals surface area contributed by atoms with E-state index in [-0.39, 0.29) is 29.1 Å². The van der Waals surface area contributed by atoms with Crippen molar-refractivity contribution < 1.29 is 23.5 Å². The molecule has 2 aliphatic carbocycles. The lowest BCUT2D eigenvalue weighted by atomic mass is 9.90. The first-order valence-electron chi connectivity index (χ1n) is 13.0. The number of amides is 1. The van der Waals surface area contributed by atoms with E-state index in [1.54, 1.807) is 19.3 Å². The van der Waals surface area contributed by atoms with E-state index in [2.05, 4.69) is 10.9 Å². The van der Waals surface area contributed by atoms with Crippen molar-refractivity contribution in [2.75, 3.05) is 4.90 Å². The third-order valence-electron chi connectivity index (χ3n) is 7.10. The Morgan fingerprint density at radius 2 is 1.92 bits per heavy atom. The van der Waals surface area contributed by atoms with Crippen LogP contribution in [-0.4, -0.2) is 29.1 Å². The van der Waals surface area contributed by atoms with Crippen molar-refractivity contribution in [3.63, 3.8) is 0 Å². The van der Waals surface area contributed by atoms with Gasteiger partial charge in [0, 0.05) is 29.6 Å². The van der Waals surface area contributed by atoms with E-state index in [0.717, 1.165) is 55.7 Å². The number of terminal acetylenes is 1. The smallest absolute Gasteiger partial charge is 0.334 e. The second-order valence-corrected chi connectivity index (χ2v) is 10.2. The number of nitrogens with zero attached hydrogens (tertiary/aromatic N) is 2. The standard InChI is InChI=1S/C30H32ClFN2O4/c1-4-20(3)37-28-16-27(26(32)15-25(28)31)34(18-21-17-33-14-13-19(21)2)29(35)23-11-7-8-12-24(23)30(36)38-22-9-5-6-10-22/h1,13-17,20,22H,5-12,18H2,2-3H3. The van der Waals surface area contributed by atoms with Crippen LogP contribution in [0.1, 0.15) is 69.4 Å². The average molecular weight is 539 g/mol. The molecule has 1 fully saturated rings. The summed E-state index contributed by atoms with van der Waals surface area (Å²) in [4.78, 5) is 32.8. The van der Waals surface area contributed by atoms with Gasteiger partial charge in [-0.25, -0.2) is 9.18 Å². The highest BCUT2D eigenvalue weighted by atomic mass is 35.5. The summed E-state index contributed by atoms with van der Waals surface area (Å²) in [6, 6.07) is 4.31. The summed E-state index contributed by atoms with van der Waals surface area (Å²) < 4.78 is 26.9. The lowest BCUT2D eigenvalue weighted by Gasteiger charge is -2.29. The maximum atomic E-state index is 15.5. The SMILES string of the molecule is C#CC(C)Oc1cc(N(Cc2cnccc2C)C(=O)C2=C(C(=O)OC3CCCC3)CCCC2)c(F)cc1Cl. The highest BCUT2D eigenvalue weighted by Crippen LogP contribution is 2.37. The molecule has 2 aromatic rings. The Morgan fingerprint density at radius 1 is 1.21 bits per heavy atom. The van der Waals surface area contributed by atoms with Gasteiger partial charge in [0.1, 0.15) is 17.7 Å². The van der Waals surface area contributed by atoms with Crippen LogP contribution in [0.3, 0.4) is 0 Å². The van der Waals surface area contributed by atoms with Crippen LogP contribution >= 0.6 is 11.6 Å². The number of rotatable bonds is 8. The molecule has 0 saturated heterocycles. The van der Waals surface area contributed by atoms with Gasteiger partial charge in [-0.1, -0.05) is 17.5 Å². The van der Waals surface area contributed by atoms with E-state index in [4.69, 9.17) is 27.5 Å². The number of aromatic nitrogens is 1. The fourth-order valence-electron chi connectivity index (χ4n) is 4.90. The summed E-state index contributed by atoms with van der Waals surface area (Å²) in [6.45, 7) is 3.59. The Morgan fingerprint density at radius 3 is 2.61 bits per heavy atom. The maximum absolute atomic E-state index is 15.5. The zero-order chi connectivity index (χ0) is 27.2.